The van der Waals surface area contributed by atoms with Crippen molar-refractivity contribution in [3.63, 3.8) is 0 Å². The van der Waals surface area contributed by atoms with E-state index in [4.69, 9.17) is 24.0 Å². The van der Waals surface area contributed by atoms with Crippen molar-refractivity contribution >= 4 is 15.4 Å². The van der Waals surface area contributed by atoms with Gasteiger partial charge in [0.05, 0.1) is 18.3 Å². The van der Waals surface area contributed by atoms with E-state index in [9.17, 15) is 4.57 Å². The Balaban J connectivity index is 1.99. The Morgan fingerprint density at radius 2 is 1.88 bits per heavy atom. The van der Waals surface area contributed by atoms with Crippen LogP contribution >= 0.6 is 7.60 Å². The normalized spacial score (nSPS) is 40.5. The molecule has 2 N–H and O–H groups in total. The standard InChI is InChI=1S/C9H18BO6P/c1-9(2)15-6-5(3-4-17(11,12)13)14-8(10)7(6)16-9/h5-8H,3-4,10H2,1-2H3,(H2,11,12,13). The third-order valence-corrected chi connectivity index (χ3v) is 3.93. The zero-order valence-electron chi connectivity index (χ0n) is 10.2. The van der Waals surface area contributed by atoms with Crippen LogP contribution in [0.1, 0.15) is 20.3 Å². The van der Waals surface area contributed by atoms with Crippen LogP contribution in [0.25, 0.3) is 0 Å². The quantitative estimate of drug-likeness (QED) is 0.524. The highest BCUT2D eigenvalue weighted by Gasteiger charge is 2.53. The molecule has 6 nitrogen and oxygen atoms in total. The molecule has 4 unspecified atom stereocenters. The van der Waals surface area contributed by atoms with Gasteiger partial charge < -0.3 is 24.0 Å². The lowest BCUT2D eigenvalue weighted by Gasteiger charge is -2.23. The number of hydrogen-bond acceptors (Lipinski definition) is 4. The van der Waals surface area contributed by atoms with Crippen LogP contribution in [0.3, 0.4) is 0 Å². The Morgan fingerprint density at radius 3 is 2.47 bits per heavy atom. The summed E-state index contributed by atoms with van der Waals surface area (Å²) in [6.07, 6.45) is -0.574. The highest BCUT2D eigenvalue weighted by molar-refractivity contribution is 7.51. The molecule has 0 radical (unpaired) electrons. The van der Waals surface area contributed by atoms with E-state index in [1.54, 1.807) is 0 Å². The fourth-order valence-corrected chi connectivity index (χ4v) is 3.02. The second-order valence-corrected chi connectivity index (χ2v) is 6.90. The summed E-state index contributed by atoms with van der Waals surface area (Å²) < 4.78 is 27.9. The lowest BCUT2D eigenvalue weighted by Crippen LogP contribution is -2.30. The molecule has 0 amide bonds. The fraction of sp³-hybridized carbons (Fsp3) is 1.00. The molecular weight excluding hydrogens is 246 g/mol. The highest BCUT2D eigenvalue weighted by atomic mass is 31.2. The van der Waals surface area contributed by atoms with Gasteiger partial charge >= 0.3 is 7.60 Å². The van der Waals surface area contributed by atoms with Gasteiger partial charge in [0.15, 0.2) is 5.79 Å². The molecule has 2 heterocycles. The molecule has 98 valence electrons. The van der Waals surface area contributed by atoms with Gasteiger partial charge in [-0.05, 0) is 20.3 Å². The van der Waals surface area contributed by atoms with Crippen molar-refractivity contribution in [2.24, 2.45) is 0 Å². The highest BCUT2D eigenvalue weighted by Crippen LogP contribution is 2.42. The molecule has 8 heteroatoms. The summed E-state index contributed by atoms with van der Waals surface area (Å²) >= 11 is 0. The predicted molar refractivity (Wildman–Crippen MR) is 62.6 cm³/mol. The van der Waals surface area contributed by atoms with E-state index in [0.29, 0.717) is 0 Å². The summed E-state index contributed by atoms with van der Waals surface area (Å²) in [6, 6.07) is -0.108. The average Bonchev–Trinajstić information content (AvgIpc) is 2.58. The number of ether oxygens (including phenoxy) is 3. The van der Waals surface area contributed by atoms with Crippen LogP contribution in [-0.4, -0.2) is 53.9 Å². The minimum Gasteiger partial charge on any atom is -0.378 e. The lowest BCUT2D eigenvalue weighted by molar-refractivity contribution is -0.179. The first-order valence-electron chi connectivity index (χ1n) is 5.74. The third-order valence-electron chi connectivity index (χ3n) is 3.09. The summed E-state index contributed by atoms with van der Waals surface area (Å²) in [7, 11) is -2.09. The smallest absolute Gasteiger partial charge is 0.325 e. The minimum absolute atomic E-state index is 0.108. The van der Waals surface area contributed by atoms with Gasteiger partial charge in [-0.25, -0.2) is 0 Å². The Kier molecular flexibility index (Phi) is 3.45. The van der Waals surface area contributed by atoms with E-state index >= 15 is 0 Å². The topological polar surface area (TPSA) is 85.2 Å². The monoisotopic (exact) mass is 264 g/mol. The lowest BCUT2D eigenvalue weighted by atomic mass is 9.93. The SMILES string of the molecule is BC1OC(CCP(=O)(O)O)C2OC(C)(C)OC12. The van der Waals surface area contributed by atoms with Gasteiger partial charge in [-0.1, -0.05) is 0 Å². The van der Waals surface area contributed by atoms with Crippen molar-refractivity contribution in [2.75, 3.05) is 6.16 Å². The van der Waals surface area contributed by atoms with E-state index in [0.717, 1.165) is 0 Å². The summed E-state index contributed by atoms with van der Waals surface area (Å²) in [6.45, 7) is 3.66. The van der Waals surface area contributed by atoms with Crippen LogP contribution < -0.4 is 0 Å². The average molecular weight is 264 g/mol. The first kappa shape index (κ1) is 13.5. The van der Waals surface area contributed by atoms with Crippen LogP contribution in [-0.2, 0) is 18.8 Å². The van der Waals surface area contributed by atoms with Crippen LogP contribution in [0.4, 0.5) is 0 Å². The molecule has 17 heavy (non-hydrogen) atoms. The molecule has 2 fully saturated rings. The summed E-state index contributed by atoms with van der Waals surface area (Å²) in [4.78, 5) is 17.7. The van der Waals surface area contributed by atoms with Gasteiger partial charge in [-0.2, -0.15) is 0 Å². The first-order chi connectivity index (χ1) is 7.68. The molecule has 0 aromatic heterocycles. The fourth-order valence-electron chi connectivity index (χ4n) is 2.43. The number of rotatable bonds is 3. The molecule has 0 bridgehead atoms. The van der Waals surface area contributed by atoms with Gasteiger partial charge in [0.1, 0.15) is 20.1 Å². The first-order valence-corrected chi connectivity index (χ1v) is 7.53. The molecular formula is C9H18BO6P. The van der Waals surface area contributed by atoms with E-state index in [1.165, 1.54) is 0 Å². The van der Waals surface area contributed by atoms with Gasteiger partial charge in [0.25, 0.3) is 0 Å². The molecule has 0 spiro atoms. The second-order valence-electron chi connectivity index (χ2n) is 5.12. The Labute approximate surface area is 101 Å². The minimum atomic E-state index is -3.98. The van der Waals surface area contributed by atoms with E-state index < -0.39 is 13.4 Å². The predicted octanol–water partition coefficient (Wildman–Crippen LogP) is -0.568. The molecule has 2 rings (SSSR count). The number of hydrogen-bond donors (Lipinski definition) is 2. The molecule has 0 aromatic carbocycles. The second kappa shape index (κ2) is 4.33. The Hall–Kier alpha value is 0.0949. The van der Waals surface area contributed by atoms with Crippen molar-refractivity contribution in [2.45, 2.75) is 50.4 Å². The van der Waals surface area contributed by atoms with Crippen molar-refractivity contribution < 1.29 is 28.6 Å². The van der Waals surface area contributed by atoms with Crippen LogP contribution in [0.5, 0.6) is 0 Å². The summed E-state index contributed by atoms with van der Waals surface area (Å²) in [5.74, 6) is -0.645. The van der Waals surface area contributed by atoms with E-state index in [2.05, 4.69) is 0 Å². The molecule has 4 atom stereocenters. The van der Waals surface area contributed by atoms with Gasteiger partial charge in [0.2, 0.25) is 0 Å². The maximum atomic E-state index is 10.9. The van der Waals surface area contributed by atoms with Crippen molar-refractivity contribution in [1.29, 1.82) is 0 Å². The summed E-state index contributed by atoms with van der Waals surface area (Å²) in [5.41, 5.74) is 0. The van der Waals surface area contributed by atoms with Crippen LogP contribution in [0.2, 0.25) is 0 Å². The largest absolute Gasteiger partial charge is 0.378 e. The zero-order chi connectivity index (χ0) is 12.8. The van der Waals surface area contributed by atoms with E-state index in [-0.39, 0.29) is 36.9 Å². The van der Waals surface area contributed by atoms with Gasteiger partial charge in [-0.15, -0.1) is 0 Å². The van der Waals surface area contributed by atoms with Crippen LogP contribution in [0.15, 0.2) is 0 Å². The molecule has 2 aliphatic heterocycles. The van der Waals surface area contributed by atoms with E-state index in [1.807, 2.05) is 21.7 Å². The molecule has 2 aliphatic rings. The van der Waals surface area contributed by atoms with Crippen molar-refractivity contribution in [3.05, 3.63) is 0 Å². The maximum absolute atomic E-state index is 10.9. The van der Waals surface area contributed by atoms with Gasteiger partial charge in [0, 0.05) is 0 Å². The molecule has 0 saturated carbocycles. The molecule has 0 aliphatic carbocycles. The third kappa shape index (κ3) is 3.10. The maximum Gasteiger partial charge on any atom is 0.325 e. The summed E-state index contributed by atoms with van der Waals surface area (Å²) in [5, 5.41) is 0. The van der Waals surface area contributed by atoms with Crippen LogP contribution in [0, 0.1) is 0 Å². The molecule has 0 aromatic rings. The number of fused-ring (bicyclic) bond motifs is 1. The zero-order valence-corrected chi connectivity index (χ0v) is 11.1. The Morgan fingerprint density at radius 1 is 1.29 bits per heavy atom. The molecule has 2 saturated heterocycles. The Bertz CT molecular complexity index is 342. The van der Waals surface area contributed by atoms with Crippen molar-refractivity contribution in [1.82, 2.24) is 0 Å². The van der Waals surface area contributed by atoms with Crippen molar-refractivity contribution in [3.8, 4) is 0 Å². The van der Waals surface area contributed by atoms with Gasteiger partial charge in [-0.3, -0.25) is 4.57 Å².